The quantitative estimate of drug-likeness (QED) is 0.625. The first kappa shape index (κ1) is 16.9. The van der Waals surface area contributed by atoms with Crippen LogP contribution in [0.15, 0.2) is 54.6 Å². The lowest BCUT2D eigenvalue weighted by Crippen LogP contribution is -2.20. The van der Waals surface area contributed by atoms with Crippen LogP contribution >= 0.6 is 0 Å². The minimum Gasteiger partial charge on any atom is -0.384 e. The molecule has 0 amide bonds. The molecule has 0 fully saturated rings. The van der Waals surface area contributed by atoms with Crippen LogP contribution in [-0.2, 0) is 0 Å². The van der Waals surface area contributed by atoms with Gasteiger partial charge in [-0.1, -0.05) is 30.3 Å². The third-order valence-electron chi connectivity index (χ3n) is 3.37. The summed E-state index contributed by atoms with van der Waals surface area (Å²) in [5.74, 6) is -0.834. The van der Waals surface area contributed by atoms with Crippen molar-refractivity contribution in [1.82, 2.24) is 4.90 Å². The Morgan fingerprint density at radius 2 is 1.83 bits per heavy atom. The van der Waals surface area contributed by atoms with Gasteiger partial charge < -0.3 is 10.2 Å². The lowest BCUT2D eigenvalue weighted by atomic mass is 10.1. The zero-order valence-corrected chi connectivity index (χ0v) is 13.4. The molecule has 0 aliphatic rings. The van der Waals surface area contributed by atoms with E-state index in [0.717, 1.165) is 24.3 Å². The average Bonchev–Trinajstić information content (AvgIpc) is 2.54. The first-order valence-electron chi connectivity index (χ1n) is 7.52. The molecular formula is C19H21FN2O. The van der Waals surface area contributed by atoms with Gasteiger partial charge in [-0.3, -0.25) is 4.79 Å². The average molecular weight is 312 g/mol. The second kappa shape index (κ2) is 8.25. The Bertz CT molecular complexity index is 678. The van der Waals surface area contributed by atoms with Crippen LogP contribution in [0.2, 0.25) is 0 Å². The fourth-order valence-electron chi connectivity index (χ4n) is 2.06. The highest BCUT2D eigenvalue weighted by Crippen LogP contribution is 2.12. The Morgan fingerprint density at radius 1 is 1.13 bits per heavy atom. The Hall–Kier alpha value is -2.46. The first-order chi connectivity index (χ1) is 11.1. The summed E-state index contributed by atoms with van der Waals surface area (Å²) in [6.45, 7) is 1.83. The van der Waals surface area contributed by atoms with Gasteiger partial charge in [0.05, 0.1) is 5.56 Å². The van der Waals surface area contributed by atoms with Crippen LogP contribution < -0.4 is 5.32 Å². The molecule has 0 saturated carbocycles. The van der Waals surface area contributed by atoms with E-state index in [-0.39, 0.29) is 11.3 Å². The van der Waals surface area contributed by atoms with Crippen molar-refractivity contribution < 1.29 is 9.18 Å². The molecule has 0 spiro atoms. The van der Waals surface area contributed by atoms with Gasteiger partial charge in [0.25, 0.3) is 0 Å². The highest BCUT2D eigenvalue weighted by atomic mass is 19.1. The van der Waals surface area contributed by atoms with E-state index in [1.165, 1.54) is 18.2 Å². The molecule has 1 N–H and O–H groups in total. The highest BCUT2D eigenvalue weighted by Gasteiger charge is 2.06. The van der Waals surface area contributed by atoms with E-state index in [0.29, 0.717) is 0 Å². The number of rotatable bonds is 7. The molecule has 0 aliphatic heterocycles. The molecule has 2 aromatic carbocycles. The zero-order chi connectivity index (χ0) is 16.7. The summed E-state index contributed by atoms with van der Waals surface area (Å²) < 4.78 is 13.5. The van der Waals surface area contributed by atoms with Crippen molar-refractivity contribution in [2.75, 3.05) is 32.5 Å². The van der Waals surface area contributed by atoms with E-state index < -0.39 is 5.82 Å². The van der Waals surface area contributed by atoms with Gasteiger partial charge in [-0.15, -0.1) is 0 Å². The van der Waals surface area contributed by atoms with Crippen LogP contribution in [0.25, 0.3) is 6.08 Å². The van der Waals surface area contributed by atoms with E-state index in [2.05, 4.69) is 10.2 Å². The standard InChI is InChI=1S/C19H21FN2O/c1-22(2)14-13-21-16-10-7-15(8-11-16)9-12-19(23)17-5-3-4-6-18(17)20/h3-12,21H,13-14H2,1-2H3/b12-9+. The fourth-order valence-corrected chi connectivity index (χ4v) is 2.06. The maximum absolute atomic E-state index is 13.5. The zero-order valence-electron chi connectivity index (χ0n) is 13.4. The van der Waals surface area contributed by atoms with Crippen molar-refractivity contribution in [2.45, 2.75) is 0 Å². The fraction of sp³-hybridized carbons (Fsp3) is 0.211. The SMILES string of the molecule is CN(C)CCNc1ccc(/C=C/C(=O)c2ccccc2F)cc1. The molecule has 2 rings (SSSR count). The van der Waals surface area contributed by atoms with Crippen LogP contribution in [0.5, 0.6) is 0 Å². The van der Waals surface area contributed by atoms with Gasteiger partial charge in [-0.2, -0.15) is 0 Å². The molecule has 0 heterocycles. The number of carbonyl (C=O) groups excluding carboxylic acids is 1. The molecule has 0 bridgehead atoms. The van der Waals surface area contributed by atoms with Crippen LogP contribution in [0.3, 0.4) is 0 Å². The first-order valence-corrected chi connectivity index (χ1v) is 7.52. The molecule has 0 atom stereocenters. The maximum Gasteiger partial charge on any atom is 0.188 e. The topological polar surface area (TPSA) is 32.3 Å². The minimum atomic E-state index is -0.498. The van der Waals surface area contributed by atoms with Gasteiger partial charge in [0.1, 0.15) is 5.82 Å². The van der Waals surface area contributed by atoms with E-state index in [9.17, 15) is 9.18 Å². The van der Waals surface area contributed by atoms with Crippen LogP contribution in [0.1, 0.15) is 15.9 Å². The number of hydrogen-bond acceptors (Lipinski definition) is 3. The van der Waals surface area contributed by atoms with Crippen LogP contribution in [0.4, 0.5) is 10.1 Å². The maximum atomic E-state index is 13.5. The number of anilines is 1. The van der Waals surface area contributed by atoms with Gasteiger partial charge in [-0.25, -0.2) is 4.39 Å². The number of hydrogen-bond donors (Lipinski definition) is 1. The lowest BCUT2D eigenvalue weighted by molar-refractivity contribution is 0.104. The summed E-state index contributed by atoms with van der Waals surface area (Å²) in [5, 5.41) is 3.32. The van der Waals surface area contributed by atoms with Gasteiger partial charge in [0, 0.05) is 18.8 Å². The smallest absolute Gasteiger partial charge is 0.188 e. The number of allylic oxidation sites excluding steroid dienone is 1. The molecule has 3 nitrogen and oxygen atoms in total. The molecule has 0 aromatic heterocycles. The molecule has 23 heavy (non-hydrogen) atoms. The Morgan fingerprint density at radius 3 is 2.48 bits per heavy atom. The number of halogens is 1. The summed E-state index contributed by atoms with van der Waals surface area (Å²) in [6.07, 6.45) is 3.09. The number of nitrogens with zero attached hydrogens (tertiary/aromatic N) is 1. The van der Waals surface area contributed by atoms with E-state index in [1.54, 1.807) is 18.2 Å². The molecule has 0 saturated heterocycles. The third kappa shape index (κ3) is 5.34. The van der Waals surface area contributed by atoms with E-state index in [1.807, 2.05) is 38.4 Å². The number of nitrogens with one attached hydrogen (secondary N) is 1. The van der Waals surface area contributed by atoms with Gasteiger partial charge in [0.2, 0.25) is 0 Å². The normalized spacial score (nSPS) is 11.1. The Balaban J connectivity index is 1.95. The molecule has 2 aromatic rings. The molecule has 4 heteroatoms. The number of likely N-dealkylation sites (N-methyl/N-ethyl adjacent to an activating group) is 1. The van der Waals surface area contributed by atoms with E-state index >= 15 is 0 Å². The number of benzene rings is 2. The van der Waals surface area contributed by atoms with Gasteiger partial charge in [-0.05, 0) is 50.0 Å². The summed E-state index contributed by atoms with van der Waals surface area (Å²) in [5.41, 5.74) is 2.02. The van der Waals surface area contributed by atoms with Gasteiger partial charge in [0.15, 0.2) is 5.78 Å². The predicted octanol–water partition coefficient (Wildman–Crippen LogP) is 3.70. The second-order valence-electron chi connectivity index (χ2n) is 5.53. The molecule has 120 valence electrons. The van der Waals surface area contributed by atoms with Crippen molar-refractivity contribution in [3.8, 4) is 0 Å². The van der Waals surface area contributed by atoms with Crippen molar-refractivity contribution in [3.63, 3.8) is 0 Å². The Labute approximate surface area is 136 Å². The molecule has 0 radical (unpaired) electrons. The van der Waals surface area contributed by atoms with Crippen LogP contribution in [-0.4, -0.2) is 37.9 Å². The van der Waals surface area contributed by atoms with E-state index in [4.69, 9.17) is 0 Å². The second-order valence-corrected chi connectivity index (χ2v) is 5.53. The lowest BCUT2D eigenvalue weighted by Gasteiger charge is -2.11. The summed E-state index contributed by atoms with van der Waals surface area (Å²) >= 11 is 0. The predicted molar refractivity (Wildman–Crippen MR) is 93.3 cm³/mol. The van der Waals surface area contributed by atoms with Crippen molar-refractivity contribution in [1.29, 1.82) is 0 Å². The largest absolute Gasteiger partial charge is 0.384 e. The Kier molecular flexibility index (Phi) is 6.06. The molecular weight excluding hydrogens is 291 g/mol. The summed E-state index contributed by atoms with van der Waals surface area (Å²) in [7, 11) is 4.06. The summed E-state index contributed by atoms with van der Waals surface area (Å²) in [4.78, 5) is 14.1. The molecule has 0 aliphatic carbocycles. The summed E-state index contributed by atoms with van der Waals surface area (Å²) in [6, 6.07) is 13.8. The number of carbonyl (C=O) groups is 1. The van der Waals surface area contributed by atoms with Crippen molar-refractivity contribution in [3.05, 3.63) is 71.6 Å². The van der Waals surface area contributed by atoms with Crippen LogP contribution in [0, 0.1) is 5.82 Å². The highest BCUT2D eigenvalue weighted by molar-refractivity contribution is 6.06. The minimum absolute atomic E-state index is 0.0886. The third-order valence-corrected chi connectivity index (χ3v) is 3.37. The van der Waals surface area contributed by atoms with Crippen molar-refractivity contribution in [2.24, 2.45) is 0 Å². The van der Waals surface area contributed by atoms with Crippen molar-refractivity contribution >= 4 is 17.5 Å². The monoisotopic (exact) mass is 312 g/mol. The number of ketones is 1. The van der Waals surface area contributed by atoms with Gasteiger partial charge >= 0.3 is 0 Å². The molecule has 0 unspecified atom stereocenters.